The molecule has 1 unspecified atom stereocenters. The van der Waals surface area contributed by atoms with Crippen molar-refractivity contribution in [3.8, 4) is 5.75 Å². The Kier molecular flexibility index (Phi) is 6.58. The molecular weight excluding hydrogens is 410 g/mol. The van der Waals surface area contributed by atoms with Gasteiger partial charge in [-0.1, -0.05) is 18.2 Å². The fourth-order valence-corrected chi connectivity index (χ4v) is 4.05. The Hall–Kier alpha value is -3.56. The molecule has 1 aliphatic rings. The van der Waals surface area contributed by atoms with Gasteiger partial charge in [0.2, 0.25) is 0 Å². The Morgan fingerprint density at radius 3 is 2.88 bits per heavy atom. The van der Waals surface area contributed by atoms with E-state index in [0.29, 0.717) is 31.1 Å². The van der Waals surface area contributed by atoms with Crippen molar-refractivity contribution in [3.63, 3.8) is 0 Å². The minimum absolute atomic E-state index is 0.0600. The predicted octanol–water partition coefficient (Wildman–Crippen LogP) is 1.60. The Morgan fingerprint density at radius 2 is 2.12 bits per heavy atom. The van der Waals surface area contributed by atoms with Crippen molar-refractivity contribution in [2.75, 3.05) is 13.7 Å². The molecule has 10 nitrogen and oxygen atoms in total. The highest BCUT2D eigenvalue weighted by Crippen LogP contribution is 2.28. The van der Waals surface area contributed by atoms with Gasteiger partial charge in [0.05, 0.1) is 7.11 Å². The fraction of sp³-hybridized carbons (Fsp3) is 0.455. The second-order valence-corrected chi connectivity index (χ2v) is 7.86. The highest BCUT2D eigenvalue weighted by molar-refractivity contribution is 5.75. The van der Waals surface area contributed by atoms with Crippen LogP contribution in [0.25, 0.3) is 0 Å². The van der Waals surface area contributed by atoms with E-state index in [1.807, 2.05) is 42.1 Å². The van der Waals surface area contributed by atoms with Crippen molar-refractivity contribution >= 4 is 6.03 Å². The van der Waals surface area contributed by atoms with Gasteiger partial charge in [0.25, 0.3) is 0 Å². The standard InChI is InChI=1S/C22H29N7O3/c1-27-15-12-23-20(27)19(16-8-3-4-9-17(16)32-2)25-21(30)24-11-7-14-29-22(31)28-13-6-5-10-18(28)26-29/h3-4,8-9,12,15,19H,5-7,10-11,13-14H2,1-2H3,(H2,24,25,30). The van der Waals surface area contributed by atoms with Crippen LogP contribution in [0.5, 0.6) is 5.75 Å². The third-order valence-corrected chi connectivity index (χ3v) is 5.71. The average Bonchev–Trinajstić information content (AvgIpc) is 3.38. The number of ether oxygens (including phenoxy) is 1. The normalized spacial score (nSPS) is 13.9. The first kappa shape index (κ1) is 21.7. The number of methoxy groups -OCH3 is 1. The molecule has 0 aliphatic carbocycles. The number of amides is 2. The first-order valence-electron chi connectivity index (χ1n) is 10.9. The molecule has 32 heavy (non-hydrogen) atoms. The molecule has 2 amide bonds. The number of carbonyl (C=O) groups excluding carboxylic acids is 1. The number of imidazole rings is 1. The quantitative estimate of drug-likeness (QED) is 0.519. The summed E-state index contributed by atoms with van der Waals surface area (Å²) in [4.78, 5) is 29.5. The Morgan fingerprint density at radius 1 is 1.28 bits per heavy atom. The number of hydrogen-bond donors (Lipinski definition) is 2. The molecule has 3 aromatic rings. The van der Waals surface area contributed by atoms with E-state index in [1.165, 1.54) is 4.68 Å². The lowest BCUT2D eigenvalue weighted by Gasteiger charge is -2.21. The molecule has 1 atom stereocenters. The summed E-state index contributed by atoms with van der Waals surface area (Å²) in [6.45, 7) is 1.63. The van der Waals surface area contributed by atoms with Crippen LogP contribution in [0.4, 0.5) is 4.79 Å². The lowest BCUT2D eigenvalue weighted by Crippen LogP contribution is -2.40. The van der Waals surface area contributed by atoms with Gasteiger partial charge in [-0.2, -0.15) is 5.10 Å². The van der Waals surface area contributed by atoms with E-state index < -0.39 is 6.04 Å². The molecule has 0 saturated heterocycles. The van der Waals surface area contributed by atoms with Gasteiger partial charge in [-0.25, -0.2) is 19.3 Å². The van der Waals surface area contributed by atoms with Crippen LogP contribution in [0, 0.1) is 0 Å². The number of urea groups is 1. The maximum absolute atomic E-state index is 12.7. The third-order valence-electron chi connectivity index (χ3n) is 5.71. The number of nitrogens with zero attached hydrogens (tertiary/aromatic N) is 5. The molecule has 0 radical (unpaired) electrons. The second-order valence-electron chi connectivity index (χ2n) is 7.86. The van der Waals surface area contributed by atoms with E-state index in [2.05, 4.69) is 20.7 Å². The van der Waals surface area contributed by atoms with Crippen molar-refractivity contribution in [2.24, 2.45) is 7.05 Å². The average molecular weight is 440 g/mol. The lowest BCUT2D eigenvalue weighted by atomic mass is 10.0. The monoisotopic (exact) mass is 439 g/mol. The van der Waals surface area contributed by atoms with Crippen LogP contribution in [0.1, 0.15) is 42.5 Å². The Balaban J connectivity index is 1.37. The number of nitrogens with one attached hydrogen (secondary N) is 2. The van der Waals surface area contributed by atoms with Crippen LogP contribution in [0.15, 0.2) is 41.5 Å². The number of benzene rings is 1. The van der Waals surface area contributed by atoms with Gasteiger partial charge in [-0.3, -0.25) is 4.57 Å². The lowest BCUT2D eigenvalue weighted by molar-refractivity contribution is 0.237. The summed E-state index contributed by atoms with van der Waals surface area (Å²) in [6, 6.07) is 6.75. The molecule has 170 valence electrons. The molecule has 3 heterocycles. The maximum Gasteiger partial charge on any atom is 0.345 e. The summed E-state index contributed by atoms with van der Waals surface area (Å²) in [5.74, 6) is 2.23. The SMILES string of the molecule is COc1ccccc1C(NC(=O)NCCCn1nc2n(c1=O)CCCC2)c1nccn1C. The Bertz CT molecular complexity index is 1130. The van der Waals surface area contributed by atoms with Gasteiger partial charge in [-0.05, 0) is 25.3 Å². The largest absolute Gasteiger partial charge is 0.496 e. The number of hydrogen-bond acceptors (Lipinski definition) is 5. The van der Waals surface area contributed by atoms with Crippen LogP contribution >= 0.6 is 0 Å². The first-order chi connectivity index (χ1) is 15.6. The summed E-state index contributed by atoms with van der Waals surface area (Å²) in [6.07, 6.45) is 7.07. The minimum Gasteiger partial charge on any atom is -0.496 e. The van der Waals surface area contributed by atoms with E-state index in [0.717, 1.165) is 37.2 Å². The van der Waals surface area contributed by atoms with Crippen LogP contribution in [0.3, 0.4) is 0 Å². The summed E-state index contributed by atoms with van der Waals surface area (Å²) < 4.78 is 10.6. The number of carbonyl (C=O) groups is 1. The summed E-state index contributed by atoms with van der Waals surface area (Å²) >= 11 is 0. The molecule has 1 aromatic carbocycles. The van der Waals surface area contributed by atoms with Crippen molar-refractivity contribution in [2.45, 2.75) is 44.8 Å². The fourth-order valence-electron chi connectivity index (χ4n) is 4.05. The molecule has 10 heteroatoms. The van der Waals surface area contributed by atoms with Crippen molar-refractivity contribution in [3.05, 3.63) is 64.4 Å². The van der Waals surface area contributed by atoms with Gasteiger partial charge >= 0.3 is 11.7 Å². The maximum atomic E-state index is 12.7. The smallest absolute Gasteiger partial charge is 0.345 e. The number of fused-ring (bicyclic) bond motifs is 1. The summed E-state index contributed by atoms with van der Waals surface area (Å²) in [5, 5.41) is 10.3. The van der Waals surface area contributed by atoms with E-state index in [4.69, 9.17) is 4.74 Å². The van der Waals surface area contributed by atoms with Gasteiger partial charge < -0.3 is 19.9 Å². The van der Waals surface area contributed by atoms with E-state index in [1.54, 1.807) is 17.9 Å². The molecule has 4 rings (SSSR count). The van der Waals surface area contributed by atoms with E-state index >= 15 is 0 Å². The molecular formula is C22H29N7O3. The van der Waals surface area contributed by atoms with Gasteiger partial charge in [-0.15, -0.1) is 0 Å². The van der Waals surface area contributed by atoms with Crippen LogP contribution in [-0.2, 0) is 26.6 Å². The topological polar surface area (TPSA) is 108 Å². The predicted molar refractivity (Wildman–Crippen MR) is 119 cm³/mol. The minimum atomic E-state index is -0.478. The number of aromatic nitrogens is 5. The number of rotatable bonds is 8. The van der Waals surface area contributed by atoms with E-state index in [9.17, 15) is 9.59 Å². The van der Waals surface area contributed by atoms with Gasteiger partial charge in [0.1, 0.15) is 23.4 Å². The highest BCUT2D eigenvalue weighted by atomic mass is 16.5. The molecule has 0 fully saturated rings. The zero-order chi connectivity index (χ0) is 22.5. The molecule has 0 spiro atoms. The zero-order valence-corrected chi connectivity index (χ0v) is 18.5. The Labute approximate surface area is 186 Å². The second kappa shape index (κ2) is 9.71. The van der Waals surface area contributed by atoms with Crippen molar-refractivity contribution in [1.82, 2.24) is 34.5 Å². The highest BCUT2D eigenvalue weighted by Gasteiger charge is 2.23. The number of para-hydroxylation sites is 1. The van der Waals surface area contributed by atoms with Gasteiger partial charge in [0, 0.05) is 51.1 Å². The van der Waals surface area contributed by atoms with Crippen LogP contribution < -0.4 is 21.1 Å². The molecule has 0 saturated carbocycles. The molecule has 1 aliphatic heterocycles. The van der Waals surface area contributed by atoms with E-state index in [-0.39, 0.29) is 11.7 Å². The van der Waals surface area contributed by atoms with Gasteiger partial charge in [0.15, 0.2) is 0 Å². The molecule has 2 aromatic heterocycles. The van der Waals surface area contributed by atoms with Crippen molar-refractivity contribution in [1.29, 1.82) is 0 Å². The van der Waals surface area contributed by atoms with Crippen LogP contribution in [-0.4, -0.2) is 43.6 Å². The number of aryl methyl sites for hydroxylation is 3. The molecule has 0 bridgehead atoms. The summed E-state index contributed by atoms with van der Waals surface area (Å²) in [5.41, 5.74) is 0.754. The summed E-state index contributed by atoms with van der Waals surface area (Å²) in [7, 11) is 3.48. The third kappa shape index (κ3) is 4.53. The van der Waals surface area contributed by atoms with Crippen LogP contribution in [0.2, 0.25) is 0 Å². The first-order valence-corrected chi connectivity index (χ1v) is 10.9. The zero-order valence-electron chi connectivity index (χ0n) is 18.5. The van der Waals surface area contributed by atoms with Crippen molar-refractivity contribution < 1.29 is 9.53 Å². The molecule has 2 N–H and O–H groups in total.